The average molecular weight is 260 g/mol. The lowest BCUT2D eigenvalue weighted by molar-refractivity contribution is -0.136. The Balaban J connectivity index is 1.96. The van der Waals surface area contributed by atoms with Crippen LogP contribution in [0.2, 0.25) is 0 Å². The molecule has 1 fully saturated rings. The van der Waals surface area contributed by atoms with Gasteiger partial charge in [0, 0.05) is 19.4 Å². The molecule has 2 amide bonds. The Morgan fingerprint density at radius 3 is 2.95 bits per heavy atom. The van der Waals surface area contributed by atoms with Crippen molar-refractivity contribution in [3.05, 3.63) is 18.6 Å². The largest absolute Gasteiger partial charge is 0.382 e. The van der Waals surface area contributed by atoms with Gasteiger partial charge in [0.1, 0.15) is 11.9 Å². The fourth-order valence-electron chi connectivity index (χ4n) is 2.08. The third kappa shape index (κ3) is 1.77. The van der Waals surface area contributed by atoms with Crippen LogP contribution in [0.3, 0.4) is 0 Å². The van der Waals surface area contributed by atoms with Crippen LogP contribution in [0, 0.1) is 0 Å². The lowest BCUT2D eigenvalue weighted by Gasteiger charge is -2.12. The second-order valence-electron chi connectivity index (χ2n) is 4.36. The number of nitrogens with zero attached hydrogens (tertiary/aromatic N) is 4. The second kappa shape index (κ2) is 3.94. The summed E-state index contributed by atoms with van der Waals surface area (Å²) in [7, 11) is 1.46. The van der Waals surface area contributed by atoms with Gasteiger partial charge in [-0.3, -0.25) is 14.5 Å². The summed E-state index contributed by atoms with van der Waals surface area (Å²) in [4.78, 5) is 32.7. The van der Waals surface area contributed by atoms with Gasteiger partial charge in [0.25, 0.3) is 5.91 Å². The highest BCUT2D eigenvalue weighted by molar-refractivity contribution is 6.06. The van der Waals surface area contributed by atoms with E-state index < -0.39 is 6.04 Å². The van der Waals surface area contributed by atoms with Crippen molar-refractivity contribution in [3.63, 3.8) is 0 Å². The number of hydrogen-bond donors (Lipinski definition) is 2. The van der Waals surface area contributed by atoms with Crippen molar-refractivity contribution in [1.29, 1.82) is 0 Å². The third-order valence-electron chi connectivity index (χ3n) is 3.09. The fourth-order valence-corrected chi connectivity index (χ4v) is 2.08. The molecule has 98 valence electrons. The zero-order chi connectivity index (χ0) is 13.6. The third-order valence-corrected chi connectivity index (χ3v) is 3.09. The summed E-state index contributed by atoms with van der Waals surface area (Å²) in [5.41, 5.74) is 6.24. The van der Waals surface area contributed by atoms with E-state index in [1.165, 1.54) is 7.05 Å². The van der Waals surface area contributed by atoms with Crippen LogP contribution in [0.25, 0.3) is 5.65 Å². The molecule has 0 aromatic carbocycles. The first-order chi connectivity index (χ1) is 9.06. The highest BCUT2D eigenvalue weighted by Gasteiger charge is 2.36. The lowest BCUT2D eigenvalue weighted by Crippen LogP contribution is -2.32. The van der Waals surface area contributed by atoms with Crippen molar-refractivity contribution in [1.82, 2.24) is 19.3 Å². The van der Waals surface area contributed by atoms with Crippen LogP contribution in [0.1, 0.15) is 6.42 Å². The smallest absolute Gasteiger partial charge is 0.251 e. The second-order valence-corrected chi connectivity index (χ2v) is 4.36. The molecule has 3 N–H and O–H groups in total. The number of imide groups is 1. The van der Waals surface area contributed by atoms with E-state index in [0.717, 1.165) is 4.90 Å². The quantitative estimate of drug-likeness (QED) is 0.704. The number of carbonyl (C=O) groups is 2. The first kappa shape index (κ1) is 11.5. The van der Waals surface area contributed by atoms with Crippen molar-refractivity contribution >= 4 is 29.1 Å². The molecule has 8 nitrogen and oxygen atoms in total. The van der Waals surface area contributed by atoms with Gasteiger partial charge in [0.15, 0.2) is 11.5 Å². The zero-order valence-electron chi connectivity index (χ0n) is 10.2. The number of imidazole rings is 1. The van der Waals surface area contributed by atoms with E-state index in [1.807, 2.05) is 0 Å². The number of amides is 2. The van der Waals surface area contributed by atoms with Gasteiger partial charge in [-0.15, -0.1) is 0 Å². The number of rotatable bonds is 2. The van der Waals surface area contributed by atoms with Crippen LogP contribution < -0.4 is 11.1 Å². The van der Waals surface area contributed by atoms with E-state index in [2.05, 4.69) is 15.3 Å². The summed E-state index contributed by atoms with van der Waals surface area (Å²) in [6.07, 6.45) is 5.07. The van der Waals surface area contributed by atoms with E-state index in [-0.39, 0.29) is 18.2 Å². The number of nitrogens with one attached hydrogen (secondary N) is 1. The number of hydrogen-bond acceptors (Lipinski definition) is 6. The number of fused-ring (bicyclic) bond motifs is 1. The number of nitrogens with two attached hydrogens (primary N) is 1. The van der Waals surface area contributed by atoms with Crippen LogP contribution in [0.15, 0.2) is 18.6 Å². The first-order valence-corrected chi connectivity index (χ1v) is 5.72. The van der Waals surface area contributed by atoms with Crippen LogP contribution in [0.4, 0.5) is 11.6 Å². The monoisotopic (exact) mass is 260 g/mol. The van der Waals surface area contributed by atoms with Gasteiger partial charge in [-0.2, -0.15) is 0 Å². The Hall–Kier alpha value is -2.64. The molecule has 0 spiro atoms. The molecule has 0 bridgehead atoms. The molecule has 1 aliphatic heterocycles. The Morgan fingerprint density at radius 1 is 1.47 bits per heavy atom. The molecule has 1 atom stereocenters. The van der Waals surface area contributed by atoms with Gasteiger partial charge in [0.05, 0.1) is 12.6 Å². The van der Waals surface area contributed by atoms with Crippen molar-refractivity contribution in [2.75, 3.05) is 18.1 Å². The normalized spacial score (nSPS) is 19.4. The number of likely N-dealkylation sites (tertiary alicyclic amines) is 1. The van der Waals surface area contributed by atoms with Crippen molar-refractivity contribution < 1.29 is 9.59 Å². The van der Waals surface area contributed by atoms with Crippen LogP contribution in [0.5, 0.6) is 0 Å². The molecular formula is C11H12N6O2. The molecule has 0 aliphatic carbocycles. The van der Waals surface area contributed by atoms with Crippen molar-refractivity contribution in [2.24, 2.45) is 0 Å². The molecule has 1 unspecified atom stereocenters. The summed E-state index contributed by atoms with van der Waals surface area (Å²) in [6, 6.07) is -0.618. The Kier molecular flexibility index (Phi) is 2.37. The molecule has 8 heteroatoms. The standard InChI is InChI=1S/C11H12N6O2/c1-16-8(18)4-6(11(16)19)14-9-10-13-2-3-17(10)5-7(12)15-9/h2-3,5-6H,4,12H2,1H3,(H,14,15). The van der Waals surface area contributed by atoms with E-state index in [4.69, 9.17) is 5.73 Å². The molecular weight excluding hydrogens is 248 g/mol. The molecule has 2 aromatic heterocycles. The minimum atomic E-state index is -0.618. The molecule has 19 heavy (non-hydrogen) atoms. The Morgan fingerprint density at radius 2 is 2.26 bits per heavy atom. The average Bonchev–Trinajstić information content (AvgIpc) is 2.91. The van der Waals surface area contributed by atoms with E-state index in [0.29, 0.717) is 17.3 Å². The summed E-state index contributed by atoms with van der Waals surface area (Å²) >= 11 is 0. The molecule has 1 saturated heterocycles. The van der Waals surface area contributed by atoms with Crippen molar-refractivity contribution in [3.8, 4) is 0 Å². The summed E-state index contributed by atoms with van der Waals surface area (Å²) in [5, 5.41) is 2.93. The summed E-state index contributed by atoms with van der Waals surface area (Å²) in [5.74, 6) is 0.203. The highest BCUT2D eigenvalue weighted by Crippen LogP contribution is 2.20. The highest BCUT2D eigenvalue weighted by atomic mass is 16.2. The van der Waals surface area contributed by atoms with Gasteiger partial charge in [0.2, 0.25) is 5.91 Å². The minimum Gasteiger partial charge on any atom is -0.382 e. The molecule has 0 radical (unpaired) electrons. The number of anilines is 2. The van der Waals surface area contributed by atoms with Crippen molar-refractivity contribution in [2.45, 2.75) is 12.5 Å². The van der Waals surface area contributed by atoms with Gasteiger partial charge in [-0.25, -0.2) is 9.97 Å². The van der Waals surface area contributed by atoms with Crippen LogP contribution in [-0.2, 0) is 9.59 Å². The van der Waals surface area contributed by atoms with E-state index in [1.54, 1.807) is 23.0 Å². The number of aromatic nitrogens is 3. The number of nitrogen functional groups attached to an aromatic ring is 1. The maximum Gasteiger partial charge on any atom is 0.251 e. The van der Waals surface area contributed by atoms with Crippen LogP contribution >= 0.6 is 0 Å². The summed E-state index contributed by atoms with van der Waals surface area (Å²) < 4.78 is 1.70. The Bertz CT molecular complexity index is 679. The predicted molar refractivity (Wildman–Crippen MR) is 67.2 cm³/mol. The number of carbonyl (C=O) groups excluding carboxylic acids is 2. The Labute approximate surface area is 108 Å². The SMILES string of the molecule is CN1C(=O)CC(Nc2nc(N)cn3ccnc23)C1=O. The van der Waals surface area contributed by atoms with Gasteiger partial charge in [-0.05, 0) is 0 Å². The van der Waals surface area contributed by atoms with E-state index in [9.17, 15) is 9.59 Å². The topological polar surface area (TPSA) is 106 Å². The molecule has 3 rings (SSSR count). The van der Waals surface area contributed by atoms with Gasteiger partial charge >= 0.3 is 0 Å². The first-order valence-electron chi connectivity index (χ1n) is 5.72. The number of likely N-dealkylation sites (N-methyl/N-ethyl adjacent to an activating group) is 1. The molecule has 0 saturated carbocycles. The maximum atomic E-state index is 11.8. The fraction of sp³-hybridized carbons (Fsp3) is 0.273. The van der Waals surface area contributed by atoms with Crippen LogP contribution in [-0.4, -0.2) is 44.2 Å². The minimum absolute atomic E-state index is 0.110. The summed E-state index contributed by atoms with van der Waals surface area (Å²) in [6.45, 7) is 0. The maximum absolute atomic E-state index is 11.8. The molecule has 2 aromatic rings. The predicted octanol–water partition coefficient (Wildman–Crippen LogP) is -0.519. The van der Waals surface area contributed by atoms with Gasteiger partial charge in [-0.1, -0.05) is 0 Å². The van der Waals surface area contributed by atoms with Gasteiger partial charge < -0.3 is 15.5 Å². The molecule has 1 aliphatic rings. The lowest BCUT2D eigenvalue weighted by atomic mass is 10.2. The molecule has 3 heterocycles. The van der Waals surface area contributed by atoms with E-state index >= 15 is 0 Å². The zero-order valence-corrected chi connectivity index (χ0v) is 10.2.